The Morgan fingerprint density at radius 3 is 2.81 bits per heavy atom. The maximum Gasteiger partial charge on any atom is 0.335 e. The first-order valence-electron chi connectivity index (χ1n) is 6.36. The topological polar surface area (TPSA) is 63.1 Å². The maximum atomic E-state index is 11.0. The van der Waals surface area contributed by atoms with Gasteiger partial charge in [0.05, 0.1) is 17.0 Å². The van der Waals surface area contributed by atoms with Crippen molar-refractivity contribution in [3.8, 4) is 22.0 Å². The predicted molar refractivity (Wildman–Crippen MR) is 82.5 cm³/mol. The van der Waals surface area contributed by atoms with Crippen molar-refractivity contribution in [3.63, 3.8) is 0 Å². The van der Waals surface area contributed by atoms with E-state index in [-0.39, 0.29) is 5.56 Å². The Morgan fingerprint density at radius 1 is 1.19 bits per heavy atom. The molecule has 0 spiro atoms. The van der Waals surface area contributed by atoms with Gasteiger partial charge in [0.2, 0.25) is 0 Å². The Bertz CT molecular complexity index is 811. The normalized spacial score (nSPS) is 10.5. The Balaban J connectivity index is 1.98. The molecule has 21 heavy (non-hydrogen) atoms. The quantitative estimate of drug-likeness (QED) is 0.796. The smallest absolute Gasteiger partial charge is 0.335 e. The highest BCUT2D eigenvalue weighted by Crippen LogP contribution is 2.28. The molecular formula is C16H12N2O2S. The largest absolute Gasteiger partial charge is 0.478 e. The third-order valence-electron chi connectivity index (χ3n) is 3.04. The Morgan fingerprint density at radius 2 is 2.05 bits per heavy atom. The molecule has 0 atom stereocenters. The second kappa shape index (κ2) is 5.46. The molecule has 0 saturated carbocycles. The number of hydrogen-bond donors (Lipinski definition) is 1. The highest BCUT2D eigenvalue weighted by Gasteiger charge is 2.10. The molecule has 3 rings (SSSR count). The summed E-state index contributed by atoms with van der Waals surface area (Å²) in [6.07, 6.45) is 1.76. The van der Waals surface area contributed by atoms with Gasteiger partial charge < -0.3 is 5.11 Å². The number of pyridine rings is 1. The number of carboxylic acids is 1. The lowest BCUT2D eigenvalue weighted by Gasteiger charge is -1.99. The molecule has 0 aliphatic rings. The van der Waals surface area contributed by atoms with E-state index < -0.39 is 5.97 Å². The Labute approximate surface area is 125 Å². The second-order valence-corrected chi connectivity index (χ2v) is 5.50. The lowest BCUT2D eigenvalue weighted by molar-refractivity contribution is 0.0697. The molecule has 104 valence electrons. The predicted octanol–water partition coefficient (Wildman–Crippen LogP) is 3.88. The third kappa shape index (κ3) is 2.83. The molecule has 1 aromatic carbocycles. The minimum Gasteiger partial charge on any atom is -0.478 e. The number of nitrogens with zero attached hydrogens (tertiary/aromatic N) is 2. The van der Waals surface area contributed by atoms with Crippen LogP contribution in [0.15, 0.2) is 48.0 Å². The zero-order valence-electron chi connectivity index (χ0n) is 11.3. The van der Waals surface area contributed by atoms with Crippen LogP contribution in [0.25, 0.3) is 22.0 Å². The van der Waals surface area contributed by atoms with Crippen molar-refractivity contribution >= 4 is 17.3 Å². The fraction of sp³-hybridized carbons (Fsp3) is 0.0625. The van der Waals surface area contributed by atoms with E-state index in [2.05, 4.69) is 9.97 Å². The van der Waals surface area contributed by atoms with Crippen molar-refractivity contribution in [1.29, 1.82) is 0 Å². The zero-order chi connectivity index (χ0) is 14.8. The van der Waals surface area contributed by atoms with Crippen LogP contribution in [0, 0.1) is 6.92 Å². The molecule has 0 bridgehead atoms. The first kappa shape index (κ1) is 13.5. The molecule has 5 heteroatoms. The van der Waals surface area contributed by atoms with E-state index in [0.717, 1.165) is 27.5 Å². The number of aromatic carboxylic acids is 1. The zero-order valence-corrected chi connectivity index (χ0v) is 12.1. The van der Waals surface area contributed by atoms with Gasteiger partial charge in [0.1, 0.15) is 5.01 Å². The molecule has 2 aromatic heterocycles. The van der Waals surface area contributed by atoms with Gasteiger partial charge in [-0.3, -0.25) is 4.98 Å². The molecule has 0 aliphatic carbocycles. The van der Waals surface area contributed by atoms with E-state index in [0.29, 0.717) is 0 Å². The first-order chi connectivity index (χ1) is 10.1. The van der Waals surface area contributed by atoms with Crippen molar-refractivity contribution in [2.45, 2.75) is 6.92 Å². The molecule has 4 nitrogen and oxygen atoms in total. The molecule has 0 aliphatic heterocycles. The minimum atomic E-state index is -0.937. The van der Waals surface area contributed by atoms with Crippen molar-refractivity contribution < 1.29 is 9.90 Å². The highest BCUT2D eigenvalue weighted by molar-refractivity contribution is 7.13. The summed E-state index contributed by atoms with van der Waals surface area (Å²) in [5.74, 6) is -0.937. The molecule has 0 radical (unpaired) electrons. The lowest BCUT2D eigenvalue weighted by Crippen LogP contribution is -1.95. The van der Waals surface area contributed by atoms with Crippen LogP contribution in [0.1, 0.15) is 15.9 Å². The Hall–Kier alpha value is -2.53. The number of thiazole rings is 1. The minimum absolute atomic E-state index is 0.260. The van der Waals surface area contributed by atoms with Gasteiger partial charge in [-0.05, 0) is 36.8 Å². The van der Waals surface area contributed by atoms with Gasteiger partial charge in [0, 0.05) is 17.1 Å². The highest BCUT2D eigenvalue weighted by atomic mass is 32.1. The standard InChI is InChI=1S/C16H12N2O2S/c1-10-5-6-17-13(7-10)15-18-14(9-21-15)11-3-2-4-12(8-11)16(19)20/h2-9H,1H3,(H,19,20). The summed E-state index contributed by atoms with van der Waals surface area (Å²) in [5.41, 5.74) is 3.78. The van der Waals surface area contributed by atoms with Gasteiger partial charge in [-0.2, -0.15) is 0 Å². The molecule has 0 amide bonds. The van der Waals surface area contributed by atoms with E-state index in [1.54, 1.807) is 24.4 Å². The van der Waals surface area contributed by atoms with Crippen molar-refractivity contribution in [1.82, 2.24) is 9.97 Å². The Kier molecular flexibility index (Phi) is 3.50. The van der Waals surface area contributed by atoms with Gasteiger partial charge in [-0.15, -0.1) is 11.3 Å². The van der Waals surface area contributed by atoms with Crippen molar-refractivity contribution in [3.05, 3.63) is 59.1 Å². The van der Waals surface area contributed by atoms with Gasteiger partial charge in [-0.25, -0.2) is 9.78 Å². The maximum absolute atomic E-state index is 11.0. The average Bonchev–Trinajstić information content (AvgIpc) is 2.97. The van der Waals surface area contributed by atoms with Crippen LogP contribution >= 0.6 is 11.3 Å². The van der Waals surface area contributed by atoms with Gasteiger partial charge >= 0.3 is 5.97 Å². The van der Waals surface area contributed by atoms with Crippen LogP contribution in [0.5, 0.6) is 0 Å². The number of aromatic nitrogens is 2. The number of aryl methyl sites for hydroxylation is 1. The van der Waals surface area contributed by atoms with E-state index in [1.807, 2.05) is 30.5 Å². The van der Waals surface area contributed by atoms with E-state index in [4.69, 9.17) is 5.11 Å². The van der Waals surface area contributed by atoms with Gasteiger partial charge in [-0.1, -0.05) is 12.1 Å². The SMILES string of the molecule is Cc1ccnc(-c2nc(-c3cccc(C(=O)O)c3)cs2)c1. The molecule has 0 fully saturated rings. The van der Waals surface area contributed by atoms with Crippen LogP contribution in [0.4, 0.5) is 0 Å². The van der Waals surface area contributed by atoms with Crippen LogP contribution in [-0.4, -0.2) is 21.0 Å². The third-order valence-corrected chi connectivity index (χ3v) is 3.91. The second-order valence-electron chi connectivity index (χ2n) is 4.64. The molecule has 0 saturated heterocycles. The van der Waals surface area contributed by atoms with Crippen molar-refractivity contribution in [2.75, 3.05) is 0 Å². The molecule has 2 heterocycles. The van der Waals surface area contributed by atoms with Crippen LogP contribution < -0.4 is 0 Å². The molecule has 0 unspecified atom stereocenters. The summed E-state index contributed by atoms with van der Waals surface area (Å²) >= 11 is 1.50. The summed E-state index contributed by atoms with van der Waals surface area (Å²) in [5, 5.41) is 11.8. The monoisotopic (exact) mass is 296 g/mol. The summed E-state index contributed by atoms with van der Waals surface area (Å²) in [4.78, 5) is 19.9. The van der Waals surface area contributed by atoms with Crippen LogP contribution in [-0.2, 0) is 0 Å². The fourth-order valence-electron chi connectivity index (χ4n) is 1.99. The van der Waals surface area contributed by atoms with Gasteiger partial charge in [0.15, 0.2) is 0 Å². The number of rotatable bonds is 3. The molecule has 3 aromatic rings. The first-order valence-corrected chi connectivity index (χ1v) is 7.24. The van der Waals surface area contributed by atoms with E-state index >= 15 is 0 Å². The molecular weight excluding hydrogens is 284 g/mol. The van der Waals surface area contributed by atoms with Crippen molar-refractivity contribution in [2.24, 2.45) is 0 Å². The van der Waals surface area contributed by atoms with Crippen LogP contribution in [0.3, 0.4) is 0 Å². The summed E-state index contributed by atoms with van der Waals surface area (Å²) in [6, 6.07) is 10.7. The van der Waals surface area contributed by atoms with E-state index in [9.17, 15) is 4.79 Å². The number of carboxylic acid groups (broad SMARTS) is 1. The summed E-state index contributed by atoms with van der Waals surface area (Å²) in [6.45, 7) is 2.01. The summed E-state index contributed by atoms with van der Waals surface area (Å²) < 4.78 is 0. The number of benzene rings is 1. The summed E-state index contributed by atoms with van der Waals surface area (Å²) in [7, 11) is 0. The van der Waals surface area contributed by atoms with Crippen LogP contribution in [0.2, 0.25) is 0 Å². The lowest BCUT2D eigenvalue weighted by atomic mass is 10.1. The fourth-order valence-corrected chi connectivity index (χ4v) is 2.78. The van der Waals surface area contributed by atoms with E-state index in [1.165, 1.54) is 11.3 Å². The number of carbonyl (C=O) groups is 1. The number of hydrogen-bond acceptors (Lipinski definition) is 4. The average molecular weight is 296 g/mol. The molecule has 1 N–H and O–H groups in total. The van der Waals surface area contributed by atoms with Gasteiger partial charge in [0.25, 0.3) is 0 Å².